The molecule has 3 aromatic carbocycles. The van der Waals surface area contributed by atoms with Gasteiger partial charge < -0.3 is 14.5 Å². The monoisotopic (exact) mass is 417 g/mol. The lowest BCUT2D eigenvalue weighted by molar-refractivity contribution is -0.384. The van der Waals surface area contributed by atoms with Crippen LogP contribution in [-0.2, 0) is 6.61 Å². The number of nitrogens with zero attached hydrogens (tertiary/aromatic N) is 3. The molecule has 4 rings (SSSR count). The topological polar surface area (TPSA) is 75.9 Å². The number of hydrogen-bond acceptors (Lipinski definition) is 5. The van der Waals surface area contributed by atoms with E-state index in [4.69, 9.17) is 4.74 Å². The van der Waals surface area contributed by atoms with E-state index in [1.165, 1.54) is 12.1 Å². The Kier molecular flexibility index (Phi) is 6.12. The van der Waals surface area contributed by atoms with Crippen molar-refractivity contribution < 1.29 is 14.5 Å². The molecule has 0 spiro atoms. The molecule has 1 amide bonds. The fraction of sp³-hybridized carbons (Fsp3) is 0.208. The molecular weight excluding hydrogens is 394 g/mol. The first-order chi connectivity index (χ1) is 15.1. The number of carbonyl (C=O) groups excluding carboxylic acids is 1. The maximum Gasteiger partial charge on any atom is 0.269 e. The van der Waals surface area contributed by atoms with Gasteiger partial charge in [0.25, 0.3) is 11.6 Å². The number of piperazine rings is 1. The molecule has 1 fully saturated rings. The van der Waals surface area contributed by atoms with E-state index in [-0.39, 0.29) is 11.6 Å². The van der Waals surface area contributed by atoms with Gasteiger partial charge in [-0.3, -0.25) is 14.9 Å². The van der Waals surface area contributed by atoms with Crippen LogP contribution in [-0.4, -0.2) is 41.9 Å². The van der Waals surface area contributed by atoms with Gasteiger partial charge in [0.15, 0.2) is 0 Å². The molecular formula is C24H23N3O4. The molecule has 0 saturated carbocycles. The van der Waals surface area contributed by atoms with Gasteiger partial charge in [0.2, 0.25) is 0 Å². The molecule has 1 aliphatic rings. The highest BCUT2D eigenvalue weighted by atomic mass is 16.6. The van der Waals surface area contributed by atoms with Crippen LogP contribution in [0.5, 0.6) is 5.75 Å². The molecule has 7 heteroatoms. The number of rotatable bonds is 6. The van der Waals surface area contributed by atoms with Gasteiger partial charge >= 0.3 is 0 Å². The average molecular weight is 417 g/mol. The van der Waals surface area contributed by atoms with E-state index >= 15 is 0 Å². The van der Waals surface area contributed by atoms with Crippen LogP contribution in [0.2, 0.25) is 0 Å². The average Bonchev–Trinajstić information content (AvgIpc) is 2.83. The van der Waals surface area contributed by atoms with Crippen molar-refractivity contribution in [1.29, 1.82) is 0 Å². The van der Waals surface area contributed by atoms with Crippen molar-refractivity contribution in [3.05, 3.63) is 100 Å². The van der Waals surface area contributed by atoms with Crippen molar-refractivity contribution in [3.63, 3.8) is 0 Å². The first-order valence-corrected chi connectivity index (χ1v) is 10.2. The predicted molar refractivity (Wildman–Crippen MR) is 118 cm³/mol. The van der Waals surface area contributed by atoms with Crippen LogP contribution >= 0.6 is 0 Å². The Bertz CT molecular complexity index is 1050. The first kappa shape index (κ1) is 20.4. The number of hydrogen-bond donors (Lipinski definition) is 0. The van der Waals surface area contributed by atoms with E-state index < -0.39 is 4.92 Å². The third kappa shape index (κ3) is 4.83. The Labute approximate surface area is 180 Å². The lowest BCUT2D eigenvalue weighted by Crippen LogP contribution is -2.48. The highest BCUT2D eigenvalue weighted by molar-refractivity contribution is 5.97. The van der Waals surface area contributed by atoms with Crippen molar-refractivity contribution >= 4 is 17.3 Å². The summed E-state index contributed by atoms with van der Waals surface area (Å²) in [5, 5.41) is 10.8. The van der Waals surface area contributed by atoms with Gasteiger partial charge in [-0.2, -0.15) is 0 Å². The van der Waals surface area contributed by atoms with Gasteiger partial charge in [-0.15, -0.1) is 0 Å². The third-order valence-electron chi connectivity index (χ3n) is 5.35. The van der Waals surface area contributed by atoms with Crippen molar-refractivity contribution in [2.24, 2.45) is 0 Å². The Hall–Kier alpha value is -3.87. The highest BCUT2D eigenvalue weighted by Crippen LogP contribution is 2.24. The van der Waals surface area contributed by atoms with E-state index in [1.807, 2.05) is 53.4 Å². The fourth-order valence-electron chi connectivity index (χ4n) is 3.63. The third-order valence-corrected chi connectivity index (χ3v) is 5.35. The minimum atomic E-state index is -0.405. The number of nitro groups is 1. The Morgan fingerprint density at radius 3 is 2.19 bits per heavy atom. The summed E-state index contributed by atoms with van der Waals surface area (Å²) in [6.07, 6.45) is 0. The zero-order valence-corrected chi connectivity index (χ0v) is 17.0. The maximum atomic E-state index is 13.1. The van der Waals surface area contributed by atoms with Crippen LogP contribution in [0.15, 0.2) is 78.9 Å². The summed E-state index contributed by atoms with van der Waals surface area (Å²) in [6, 6.07) is 23.7. The van der Waals surface area contributed by atoms with Crippen LogP contribution in [0.4, 0.5) is 11.4 Å². The second-order valence-corrected chi connectivity index (χ2v) is 7.32. The van der Waals surface area contributed by atoms with Crippen LogP contribution in [0.1, 0.15) is 15.9 Å². The number of ether oxygens (including phenoxy) is 1. The normalized spacial score (nSPS) is 13.7. The lowest BCUT2D eigenvalue weighted by Gasteiger charge is -2.36. The summed E-state index contributed by atoms with van der Waals surface area (Å²) in [4.78, 5) is 27.5. The Balaban J connectivity index is 1.39. The minimum absolute atomic E-state index is 0.0491. The van der Waals surface area contributed by atoms with Crippen LogP contribution < -0.4 is 9.64 Å². The van der Waals surface area contributed by atoms with Gasteiger partial charge in [0, 0.05) is 44.0 Å². The smallest absolute Gasteiger partial charge is 0.269 e. The molecule has 31 heavy (non-hydrogen) atoms. The van der Waals surface area contributed by atoms with Gasteiger partial charge in [-0.25, -0.2) is 0 Å². The number of para-hydroxylation sites is 1. The van der Waals surface area contributed by atoms with Crippen LogP contribution in [0, 0.1) is 10.1 Å². The number of amides is 1. The SMILES string of the molecule is O=C(c1ccccc1OCc1ccccc1)N1CCN(c2ccc([N+](=O)[O-])cc2)CC1. The maximum absolute atomic E-state index is 13.1. The molecule has 0 aliphatic carbocycles. The second kappa shape index (κ2) is 9.30. The van der Waals surface area contributed by atoms with Gasteiger partial charge in [0.05, 0.1) is 10.5 Å². The fourth-order valence-corrected chi connectivity index (χ4v) is 3.63. The largest absolute Gasteiger partial charge is 0.488 e. The number of nitro benzene ring substituents is 1. The second-order valence-electron chi connectivity index (χ2n) is 7.32. The van der Waals surface area contributed by atoms with E-state index in [1.54, 1.807) is 18.2 Å². The quantitative estimate of drug-likeness (QED) is 0.445. The summed E-state index contributed by atoms with van der Waals surface area (Å²) >= 11 is 0. The van der Waals surface area contributed by atoms with Crippen molar-refractivity contribution in [3.8, 4) is 5.75 Å². The molecule has 0 bridgehead atoms. The number of carbonyl (C=O) groups is 1. The summed E-state index contributed by atoms with van der Waals surface area (Å²) in [6.45, 7) is 2.87. The molecule has 158 valence electrons. The van der Waals surface area contributed by atoms with E-state index in [0.29, 0.717) is 44.1 Å². The zero-order valence-electron chi connectivity index (χ0n) is 17.0. The molecule has 7 nitrogen and oxygen atoms in total. The Morgan fingerprint density at radius 2 is 1.52 bits per heavy atom. The van der Waals surface area contributed by atoms with Crippen molar-refractivity contribution in [2.45, 2.75) is 6.61 Å². The molecule has 0 aromatic heterocycles. The summed E-state index contributed by atoms with van der Waals surface area (Å²) in [7, 11) is 0. The number of anilines is 1. The first-order valence-electron chi connectivity index (χ1n) is 10.2. The summed E-state index contributed by atoms with van der Waals surface area (Å²) in [5.74, 6) is 0.529. The van der Waals surface area contributed by atoms with Crippen molar-refractivity contribution in [1.82, 2.24) is 4.90 Å². The molecule has 0 atom stereocenters. The van der Waals surface area contributed by atoms with Crippen molar-refractivity contribution in [2.75, 3.05) is 31.1 Å². The zero-order chi connectivity index (χ0) is 21.6. The van der Waals surface area contributed by atoms with Gasteiger partial charge in [-0.05, 0) is 29.8 Å². The number of non-ortho nitro benzene ring substituents is 1. The lowest BCUT2D eigenvalue weighted by atomic mass is 10.1. The molecule has 1 aliphatic heterocycles. The molecule has 1 heterocycles. The van der Waals surface area contributed by atoms with Gasteiger partial charge in [-0.1, -0.05) is 42.5 Å². The van der Waals surface area contributed by atoms with E-state index in [9.17, 15) is 14.9 Å². The number of benzene rings is 3. The molecule has 0 unspecified atom stereocenters. The van der Waals surface area contributed by atoms with E-state index in [2.05, 4.69) is 4.90 Å². The van der Waals surface area contributed by atoms with Crippen LogP contribution in [0.3, 0.4) is 0 Å². The molecule has 3 aromatic rings. The standard InChI is InChI=1S/C24H23N3O4/c28-24(22-8-4-5-9-23(22)31-18-19-6-2-1-3-7-19)26-16-14-25(15-17-26)20-10-12-21(13-11-20)27(29)30/h1-13H,14-18H2. The minimum Gasteiger partial charge on any atom is -0.488 e. The highest BCUT2D eigenvalue weighted by Gasteiger charge is 2.24. The molecule has 1 saturated heterocycles. The van der Waals surface area contributed by atoms with E-state index in [0.717, 1.165) is 11.3 Å². The van der Waals surface area contributed by atoms with Crippen LogP contribution in [0.25, 0.3) is 0 Å². The summed E-state index contributed by atoms with van der Waals surface area (Å²) < 4.78 is 5.94. The predicted octanol–water partition coefficient (Wildman–Crippen LogP) is 4.14. The Morgan fingerprint density at radius 1 is 0.871 bits per heavy atom. The molecule has 0 N–H and O–H groups in total. The molecule has 0 radical (unpaired) electrons. The summed E-state index contributed by atoms with van der Waals surface area (Å²) in [5.41, 5.74) is 2.60. The van der Waals surface area contributed by atoms with Gasteiger partial charge in [0.1, 0.15) is 12.4 Å².